The first-order valence-corrected chi connectivity index (χ1v) is 7.24. The van der Waals surface area contributed by atoms with Gasteiger partial charge in [-0.3, -0.25) is 4.79 Å². The molecule has 0 radical (unpaired) electrons. The number of nitrogens with zero attached hydrogens (tertiary/aromatic N) is 1. The maximum atomic E-state index is 11.9. The molecular weight excluding hydrogens is 244 g/mol. The van der Waals surface area contributed by atoms with Gasteiger partial charge in [0.15, 0.2) is 0 Å². The zero-order chi connectivity index (χ0) is 13.1. The molecule has 1 aliphatic heterocycles. The van der Waals surface area contributed by atoms with Crippen LogP contribution in [0.2, 0.25) is 0 Å². The monoisotopic (exact) mass is 264 g/mol. The number of carboxylic acids is 1. The minimum Gasteiger partial charge on any atom is -0.481 e. The summed E-state index contributed by atoms with van der Waals surface area (Å²) in [5, 5.41) is 8.68. The van der Waals surface area contributed by atoms with Gasteiger partial charge in [0, 0.05) is 19.6 Å². The minimum absolute atomic E-state index is 0.0669. The maximum Gasteiger partial charge on any atom is 0.307 e. The number of aliphatic carboxylic acids is 1. The third-order valence-electron chi connectivity index (χ3n) is 2.95. The molecule has 0 spiro atoms. The van der Waals surface area contributed by atoms with E-state index in [0.717, 1.165) is 12.8 Å². The first-order chi connectivity index (χ1) is 7.83. The summed E-state index contributed by atoms with van der Waals surface area (Å²) in [7, 11) is -3.52. The van der Waals surface area contributed by atoms with Gasteiger partial charge in [-0.15, -0.1) is 0 Å². The van der Waals surface area contributed by atoms with Gasteiger partial charge in [-0.25, -0.2) is 4.72 Å². The molecule has 0 aromatic heterocycles. The van der Waals surface area contributed by atoms with Crippen LogP contribution in [0.3, 0.4) is 0 Å². The number of nitrogens with one attached hydrogen (secondary N) is 1. The summed E-state index contributed by atoms with van der Waals surface area (Å²) in [6, 6.07) is 0. The smallest absolute Gasteiger partial charge is 0.307 e. The molecule has 0 bridgehead atoms. The highest BCUT2D eigenvalue weighted by molar-refractivity contribution is 7.87. The molecule has 2 atom stereocenters. The van der Waals surface area contributed by atoms with E-state index in [1.54, 1.807) is 0 Å². The Labute approximate surface area is 102 Å². The second-order valence-corrected chi connectivity index (χ2v) is 6.45. The van der Waals surface area contributed by atoms with E-state index in [9.17, 15) is 13.2 Å². The van der Waals surface area contributed by atoms with Gasteiger partial charge in [0.1, 0.15) is 0 Å². The average molecular weight is 264 g/mol. The van der Waals surface area contributed by atoms with Crippen molar-refractivity contribution < 1.29 is 18.3 Å². The summed E-state index contributed by atoms with van der Waals surface area (Å²) in [4.78, 5) is 10.6. The Morgan fingerprint density at radius 1 is 1.59 bits per heavy atom. The van der Waals surface area contributed by atoms with E-state index in [1.807, 2.05) is 6.92 Å². The molecule has 0 aliphatic carbocycles. The molecule has 7 heteroatoms. The molecule has 0 aromatic carbocycles. The molecular formula is C10H20N2O4S. The summed E-state index contributed by atoms with van der Waals surface area (Å²) in [6.45, 7) is 4.45. The predicted octanol–water partition coefficient (Wildman–Crippen LogP) is 0.273. The van der Waals surface area contributed by atoms with Crippen molar-refractivity contribution in [2.24, 2.45) is 11.8 Å². The molecule has 2 N–H and O–H groups in total. The molecule has 17 heavy (non-hydrogen) atoms. The van der Waals surface area contributed by atoms with Crippen molar-refractivity contribution in [1.82, 2.24) is 9.03 Å². The highest BCUT2D eigenvalue weighted by Gasteiger charge is 2.27. The Hall–Kier alpha value is -0.660. The van der Waals surface area contributed by atoms with Crippen molar-refractivity contribution in [3.8, 4) is 0 Å². The van der Waals surface area contributed by atoms with E-state index in [4.69, 9.17) is 5.11 Å². The lowest BCUT2D eigenvalue weighted by Crippen LogP contribution is -2.47. The normalized spacial score (nSPS) is 24.5. The molecule has 1 heterocycles. The fourth-order valence-corrected chi connectivity index (χ4v) is 3.24. The fourth-order valence-electron chi connectivity index (χ4n) is 1.77. The molecule has 2 unspecified atom stereocenters. The van der Waals surface area contributed by atoms with Crippen molar-refractivity contribution >= 4 is 16.2 Å². The molecule has 0 saturated carbocycles. The van der Waals surface area contributed by atoms with Crippen LogP contribution < -0.4 is 4.72 Å². The molecule has 1 rings (SSSR count). The van der Waals surface area contributed by atoms with E-state index in [2.05, 4.69) is 4.72 Å². The van der Waals surface area contributed by atoms with Gasteiger partial charge in [0.05, 0.1) is 5.92 Å². The lowest BCUT2D eigenvalue weighted by molar-refractivity contribution is -0.140. The average Bonchev–Trinajstić information content (AvgIpc) is 2.26. The maximum absolute atomic E-state index is 11.9. The zero-order valence-corrected chi connectivity index (χ0v) is 11.0. The largest absolute Gasteiger partial charge is 0.481 e. The SMILES string of the molecule is CC1CCCN(S(=O)(=O)NCC(C)C(=O)O)C1. The van der Waals surface area contributed by atoms with E-state index in [0.29, 0.717) is 19.0 Å². The molecule has 6 nitrogen and oxygen atoms in total. The van der Waals surface area contributed by atoms with E-state index in [-0.39, 0.29) is 6.54 Å². The van der Waals surface area contributed by atoms with Crippen molar-refractivity contribution in [3.63, 3.8) is 0 Å². The number of carbonyl (C=O) groups is 1. The summed E-state index contributed by atoms with van der Waals surface area (Å²) >= 11 is 0. The molecule has 100 valence electrons. The number of hydrogen-bond acceptors (Lipinski definition) is 3. The van der Waals surface area contributed by atoms with Gasteiger partial charge in [0.25, 0.3) is 10.2 Å². The van der Waals surface area contributed by atoms with E-state index in [1.165, 1.54) is 11.2 Å². The highest BCUT2D eigenvalue weighted by atomic mass is 32.2. The van der Waals surface area contributed by atoms with Crippen molar-refractivity contribution in [2.45, 2.75) is 26.7 Å². The number of piperidine rings is 1. The topological polar surface area (TPSA) is 86.7 Å². The summed E-state index contributed by atoms with van der Waals surface area (Å²) in [5.41, 5.74) is 0. The van der Waals surface area contributed by atoms with E-state index >= 15 is 0 Å². The van der Waals surface area contributed by atoms with Crippen LogP contribution in [0.1, 0.15) is 26.7 Å². The van der Waals surface area contributed by atoms with Crippen molar-refractivity contribution in [1.29, 1.82) is 0 Å². The molecule has 1 aliphatic rings. The summed E-state index contributed by atoms with van der Waals surface area (Å²) < 4.78 is 27.5. The first-order valence-electron chi connectivity index (χ1n) is 5.80. The quantitative estimate of drug-likeness (QED) is 0.746. The van der Waals surface area contributed by atoms with Gasteiger partial charge in [-0.05, 0) is 18.8 Å². The lowest BCUT2D eigenvalue weighted by atomic mass is 10.0. The van der Waals surface area contributed by atoms with Crippen molar-refractivity contribution in [3.05, 3.63) is 0 Å². The Kier molecular flexibility index (Phi) is 4.91. The Morgan fingerprint density at radius 2 is 2.24 bits per heavy atom. The second kappa shape index (κ2) is 5.79. The fraction of sp³-hybridized carbons (Fsp3) is 0.900. The van der Waals surface area contributed by atoms with Gasteiger partial charge >= 0.3 is 5.97 Å². The predicted molar refractivity (Wildman–Crippen MR) is 63.7 cm³/mol. The van der Waals surface area contributed by atoms with Gasteiger partial charge < -0.3 is 5.11 Å². The van der Waals surface area contributed by atoms with Gasteiger partial charge in [0.2, 0.25) is 0 Å². The molecule has 0 amide bonds. The Balaban J connectivity index is 2.53. The van der Waals surface area contributed by atoms with Crippen LogP contribution in [0.4, 0.5) is 0 Å². The summed E-state index contributed by atoms with van der Waals surface area (Å²) in [6.07, 6.45) is 1.90. The standard InChI is InChI=1S/C10H20N2O4S/c1-8-4-3-5-12(7-8)17(15,16)11-6-9(2)10(13)14/h8-9,11H,3-7H2,1-2H3,(H,13,14). The number of rotatable bonds is 5. The number of hydrogen-bond donors (Lipinski definition) is 2. The van der Waals surface area contributed by atoms with Crippen LogP contribution in [0, 0.1) is 11.8 Å². The Bertz CT molecular complexity index is 369. The molecule has 0 aromatic rings. The Morgan fingerprint density at radius 3 is 2.76 bits per heavy atom. The van der Waals surface area contributed by atoms with Gasteiger partial charge in [-0.1, -0.05) is 13.8 Å². The number of carboxylic acid groups (broad SMARTS) is 1. The van der Waals surface area contributed by atoms with Gasteiger partial charge in [-0.2, -0.15) is 12.7 Å². The van der Waals surface area contributed by atoms with Crippen LogP contribution in [0.15, 0.2) is 0 Å². The third kappa shape index (κ3) is 4.25. The van der Waals surface area contributed by atoms with Crippen LogP contribution in [0.25, 0.3) is 0 Å². The molecule has 1 fully saturated rings. The van der Waals surface area contributed by atoms with Crippen LogP contribution in [-0.2, 0) is 15.0 Å². The minimum atomic E-state index is -3.52. The van der Waals surface area contributed by atoms with E-state index < -0.39 is 22.1 Å². The second-order valence-electron chi connectivity index (χ2n) is 4.70. The first kappa shape index (κ1) is 14.4. The molecule has 1 saturated heterocycles. The lowest BCUT2D eigenvalue weighted by Gasteiger charge is -2.30. The highest BCUT2D eigenvalue weighted by Crippen LogP contribution is 2.17. The van der Waals surface area contributed by atoms with Crippen LogP contribution in [0.5, 0.6) is 0 Å². The van der Waals surface area contributed by atoms with Crippen LogP contribution in [-0.4, -0.2) is 43.4 Å². The third-order valence-corrected chi connectivity index (χ3v) is 4.50. The van der Waals surface area contributed by atoms with Crippen LogP contribution >= 0.6 is 0 Å². The zero-order valence-electron chi connectivity index (χ0n) is 10.2. The van der Waals surface area contributed by atoms with Crippen molar-refractivity contribution in [2.75, 3.05) is 19.6 Å². The summed E-state index contributed by atoms with van der Waals surface area (Å²) in [5.74, 6) is -1.36.